The molecule has 0 aromatic heterocycles. The molecule has 1 aromatic carbocycles. The number of likely N-dealkylation sites (tertiary alicyclic amines) is 1. The molecule has 1 heterocycles. The van der Waals surface area contributed by atoms with Gasteiger partial charge in [-0.25, -0.2) is 0 Å². The van der Waals surface area contributed by atoms with Crippen LogP contribution >= 0.6 is 11.6 Å². The van der Waals surface area contributed by atoms with Crippen LogP contribution in [0.2, 0.25) is 0 Å². The van der Waals surface area contributed by atoms with Crippen LogP contribution in [0.4, 0.5) is 0 Å². The molecule has 2 unspecified atom stereocenters. The number of halogens is 1. The smallest absolute Gasteiger partial charge is 0.305 e. The summed E-state index contributed by atoms with van der Waals surface area (Å²) in [5, 5.41) is 18.6. The maximum atomic E-state index is 12.0. The number of carbonyl (C=O) groups excluding carboxylic acids is 1. The molecule has 0 saturated carbocycles. The molecule has 0 radical (unpaired) electrons. The Morgan fingerprint density at radius 2 is 2.25 bits per heavy atom. The molecule has 0 spiro atoms. The molecule has 0 bridgehead atoms. The molecule has 20 heavy (non-hydrogen) atoms. The van der Waals surface area contributed by atoms with Crippen LogP contribution < -0.4 is 0 Å². The third-order valence-electron chi connectivity index (χ3n) is 3.46. The lowest BCUT2D eigenvalue weighted by molar-refractivity contribution is -0.139. The minimum atomic E-state index is -0.986. The highest BCUT2D eigenvalue weighted by Crippen LogP contribution is 2.32. The lowest BCUT2D eigenvalue weighted by atomic mass is 10.0. The molecule has 1 aromatic rings. The third kappa shape index (κ3) is 3.22. The second kappa shape index (κ2) is 6.13. The van der Waals surface area contributed by atoms with E-state index in [1.54, 1.807) is 17.0 Å². The van der Waals surface area contributed by atoms with Gasteiger partial charge in [-0.05, 0) is 23.6 Å². The molecule has 108 valence electrons. The Balaban J connectivity index is 2.28. The first-order valence-corrected chi connectivity index (χ1v) is 6.91. The van der Waals surface area contributed by atoms with E-state index in [0.29, 0.717) is 24.4 Å². The van der Waals surface area contributed by atoms with Crippen LogP contribution in [0.25, 0.3) is 0 Å². The Kier molecular flexibility index (Phi) is 4.49. The van der Waals surface area contributed by atoms with Gasteiger partial charge in [0.2, 0.25) is 5.91 Å². The van der Waals surface area contributed by atoms with Gasteiger partial charge >= 0.3 is 5.97 Å². The molecule has 1 aliphatic rings. The predicted molar refractivity (Wildman–Crippen MR) is 73.6 cm³/mol. The lowest BCUT2D eigenvalue weighted by Gasteiger charge is -2.27. The van der Waals surface area contributed by atoms with E-state index in [9.17, 15) is 14.7 Å². The van der Waals surface area contributed by atoms with Crippen molar-refractivity contribution in [3.8, 4) is 5.75 Å². The average molecular weight is 298 g/mol. The van der Waals surface area contributed by atoms with Crippen LogP contribution in [0, 0.1) is 5.92 Å². The summed E-state index contributed by atoms with van der Waals surface area (Å²) >= 11 is 5.78. The van der Waals surface area contributed by atoms with Gasteiger partial charge in [-0.2, -0.15) is 0 Å². The van der Waals surface area contributed by atoms with E-state index >= 15 is 0 Å². The van der Waals surface area contributed by atoms with Gasteiger partial charge in [0.1, 0.15) is 5.75 Å². The number of benzene rings is 1. The Labute approximate surface area is 121 Å². The number of hydrogen-bond acceptors (Lipinski definition) is 3. The fraction of sp³-hybridized carbons (Fsp3) is 0.429. The van der Waals surface area contributed by atoms with Crippen molar-refractivity contribution in [2.24, 2.45) is 5.92 Å². The number of carbonyl (C=O) groups is 2. The molecule has 5 nitrogen and oxygen atoms in total. The van der Waals surface area contributed by atoms with Crippen molar-refractivity contribution >= 4 is 23.5 Å². The number of carboxylic acid groups (broad SMARTS) is 1. The van der Waals surface area contributed by atoms with Gasteiger partial charge in [0.25, 0.3) is 0 Å². The predicted octanol–water partition coefficient (Wildman–Crippen LogP) is 2.00. The fourth-order valence-corrected chi connectivity index (χ4v) is 2.73. The Morgan fingerprint density at radius 1 is 1.50 bits per heavy atom. The molecule has 2 rings (SSSR count). The maximum absolute atomic E-state index is 12.0. The van der Waals surface area contributed by atoms with Gasteiger partial charge in [0.15, 0.2) is 0 Å². The van der Waals surface area contributed by atoms with Gasteiger partial charge in [0.05, 0.1) is 12.5 Å². The van der Waals surface area contributed by atoms with E-state index in [1.165, 1.54) is 12.1 Å². The molecule has 1 saturated heterocycles. The zero-order chi connectivity index (χ0) is 14.7. The Bertz CT molecular complexity index is 520. The zero-order valence-electron chi connectivity index (χ0n) is 10.8. The molecule has 2 atom stereocenters. The number of phenols is 1. The Morgan fingerprint density at radius 3 is 2.80 bits per heavy atom. The van der Waals surface area contributed by atoms with Crippen molar-refractivity contribution in [2.45, 2.75) is 18.9 Å². The number of amides is 1. The maximum Gasteiger partial charge on any atom is 0.305 e. The summed E-state index contributed by atoms with van der Waals surface area (Å²) in [7, 11) is 0. The summed E-state index contributed by atoms with van der Waals surface area (Å²) in [5.74, 6) is -0.593. The van der Waals surface area contributed by atoms with E-state index < -0.39 is 12.0 Å². The number of carboxylic acids is 1. The van der Waals surface area contributed by atoms with Crippen molar-refractivity contribution < 1.29 is 19.8 Å². The standard InChI is InChI=1S/C14H16ClNO4/c15-7-9-4-13(18)16(8-9)12(6-14(19)20)10-2-1-3-11(17)5-10/h1-3,5,9,12,17H,4,6-8H2,(H,19,20). The molecular formula is C14H16ClNO4. The first kappa shape index (κ1) is 14.7. The molecule has 1 aliphatic heterocycles. The molecule has 6 heteroatoms. The van der Waals surface area contributed by atoms with Crippen molar-refractivity contribution in [3.05, 3.63) is 29.8 Å². The fourth-order valence-electron chi connectivity index (χ4n) is 2.52. The SMILES string of the molecule is O=C(O)CC(c1cccc(O)c1)N1CC(CCl)CC1=O. The minimum Gasteiger partial charge on any atom is -0.508 e. The number of hydrogen-bond donors (Lipinski definition) is 2. The van der Waals surface area contributed by atoms with Crippen LogP contribution in [-0.2, 0) is 9.59 Å². The average Bonchev–Trinajstić information content (AvgIpc) is 2.77. The number of nitrogens with zero attached hydrogens (tertiary/aromatic N) is 1. The summed E-state index contributed by atoms with van der Waals surface area (Å²) in [4.78, 5) is 24.6. The molecule has 2 N–H and O–H groups in total. The van der Waals surface area contributed by atoms with E-state index in [0.717, 1.165) is 0 Å². The largest absolute Gasteiger partial charge is 0.508 e. The summed E-state index contributed by atoms with van der Waals surface area (Å²) in [6.07, 6.45) is 0.155. The Hall–Kier alpha value is -1.75. The number of rotatable bonds is 5. The topological polar surface area (TPSA) is 77.8 Å². The number of aromatic hydroxyl groups is 1. The van der Waals surface area contributed by atoms with Gasteiger partial charge in [-0.1, -0.05) is 12.1 Å². The number of aliphatic carboxylic acids is 1. The first-order chi connectivity index (χ1) is 9.51. The summed E-state index contributed by atoms with van der Waals surface area (Å²) in [6, 6.07) is 5.79. The zero-order valence-corrected chi connectivity index (χ0v) is 11.6. The second-order valence-electron chi connectivity index (χ2n) is 4.98. The van der Waals surface area contributed by atoms with Gasteiger partial charge in [0, 0.05) is 18.8 Å². The third-order valence-corrected chi connectivity index (χ3v) is 3.89. The van der Waals surface area contributed by atoms with Crippen LogP contribution in [0.3, 0.4) is 0 Å². The van der Waals surface area contributed by atoms with Crippen molar-refractivity contribution in [1.29, 1.82) is 0 Å². The van der Waals surface area contributed by atoms with Crippen molar-refractivity contribution in [1.82, 2.24) is 4.90 Å². The number of phenolic OH excluding ortho intramolecular Hbond substituents is 1. The quantitative estimate of drug-likeness (QED) is 0.815. The highest BCUT2D eigenvalue weighted by Gasteiger charge is 2.35. The summed E-state index contributed by atoms with van der Waals surface area (Å²) < 4.78 is 0. The molecule has 0 aliphatic carbocycles. The van der Waals surface area contributed by atoms with E-state index in [4.69, 9.17) is 16.7 Å². The highest BCUT2D eigenvalue weighted by atomic mass is 35.5. The van der Waals surface area contributed by atoms with Gasteiger partial charge in [-0.15, -0.1) is 11.6 Å². The monoisotopic (exact) mass is 297 g/mol. The normalized spacial score (nSPS) is 20.1. The van der Waals surface area contributed by atoms with Crippen molar-refractivity contribution in [2.75, 3.05) is 12.4 Å². The van der Waals surface area contributed by atoms with Gasteiger partial charge < -0.3 is 15.1 Å². The van der Waals surface area contributed by atoms with E-state index in [-0.39, 0.29) is 24.0 Å². The highest BCUT2D eigenvalue weighted by molar-refractivity contribution is 6.18. The molecular weight excluding hydrogens is 282 g/mol. The second-order valence-corrected chi connectivity index (χ2v) is 5.29. The van der Waals surface area contributed by atoms with E-state index in [2.05, 4.69) is 0 Å². The van der Waals surface area contributed by atoms with E-state index in [1.807, 2.05) is 0 Å². The molecule has 1 amide bonds. The number of alkyl halides is 1. The van der Waals surface area contributed by atoms with Crippen LogP contribution in [-0.4, -0.2) is 39.4 Å². The summed E-state index contributed by atoms with van der Waals surface area (Å²) in [5.41, 5.74) is 0.621. The lowest BCUT2D eigenvalue weighted by Crippen LogP contribution is -2.32. The first-order valence-electron chi connectivity index (χ1n) is 6.37. The van der Waals surface area contributed by atoms with Crippen LogP contribution in [0.1, 0.15) is 24.4 Å². The van der Waals surface area contributed by atoms with Crippen LogP contribution in [0.5, 0.6) is 5.75 Å². The van der Waals surface area contributed by atoms with Gasteiger partial charge in [-0.3, -0.25) is 9.59 Å². The molecule has 1 fully saturated rings. The van der Waals surface area contributed by atoms with Crippen molar-refractivity contribution in [3.63, 3.8) is 0 Å². The van der Waals surface area contributed by atoms with Crippen LogP contribution in [0.15, 0.2) is 24.3 Å². The minimum absolute atomic E-state index is 0.0535. The summed E-state index contributed by atoms with van der Waals surface area (Å²) in [6.45, 7) is 0.454.